The Kier molecular flexibility index (Phi) is 5.08. The lowest BCUT2D eigenvalue weighted by atomic mass is 10.3. The largest absolute Gasteiger partial charge is 0.480 e. The lowest BCUT2D eigenvalue weighted by molar-refractivity contribution is -0.0726. The van der Waals surface area contributed by atoms with Crippen molar-refractivity contribution in [2.24, 2.45) is 0 Å². The summed E-state index contributed by atoms with van der Waals surface area (Å²) in [4.78, 5) is 28.7. The lowest BCUT2D eigenvalue weighted by Crippen LogP contribution is -2.29. The summed E-state index contributed by atoms with van der Waals surface area (Å²) in [6.45, 7) is 1.79. The van der Waals surface area contributed by atoms with Gasteiger partial charge in [0.1, 0.15) is 5.02 Å². The molecule has 8 nitrogen and oxygen atoms in total. The predicted octanol–water partition coefficient (Wildman–Crippen LogP) is 1.87. The van der Waals surface area contributed by atoms with E-state index in [1.165, 1.54) is 32.7 Å². The van der Waals surface area contributed by atoms with Crippen molar-refractivity contribution in [3.8, 4) is 5.88 Å². The summed E-state index contributed by atoms with van der Waals surface area (Å²) in [5, 5.41) is 1.38. The van der Waals surface area contributed by atoms with Gasteiger partial charge >= 0.3 is 5.97 Å². The van der Waals surface area contributed by atoms with Gasteiger partial charge in [-0.05, 0) is 13.0 Å². The van der Waals surface area contributed by atoms with Gasteiger partial charge in [0.25, 0.3) is 0 Å². The first kappa shape index (κ1) is 15.9. The highest BCUT2D eigenvalue weighted by Crippen LogP contribution is 2.31. The number of nitrogens with zero attached hydrogens (tertiary/aromatic N) is 4. The van der Waals surface area contributed by atoms with Crippen molar-refractivity contribution in [3.05, 3.63) is 41.1 Å². The number of halogens is 1. The van der Waals surface area contributed by atoms with Crippen LogP contribution in [0, 0.1) is 6.92 Å². The zero-order valence-corrected chi connectivity index (χ0v) is 13.0. The number of rotatable bonds is 5. The van der Waals surface area contributed by atoms with Crippen LogP contribution in [0.15, 0.2) is 24.7 Å². The van der Waals surface area contributed by atoms with Crippen LogP contribution in [0.2, 0.25) is 5.02 Å². The number of ether oxygens (including phenoxy) is 1. The summed E-state index contributed by atoms with van der Waals surface area (Å²) in [7, 11) is 2.97. The Balaban J connectivity index is 2.08. The van der Waals surface area contributed by atoms with Gasteiger partial charge in [-0.3, -0.25) is 10.4 Å². The van der Waals surface area contributed by atoms with Gasteiger partial charge in [-0.15, -0.1) is 0 Å². The first-order chi connectivity index (χ1) is 10.5. The molecule has 2 aromatic rings. The fourth-order valence-corrected chi connectivity index (χ4v) is 1.83. The number of carbonyl (C=O) groups excluding carboxylic acids is 1. The molecule has 0 saturated carbocycles. The predicted molar refractivity (Wildman–Crippen MR) is 79.4 cm³/mol. The van der Waals surface area contributed by atoms with Gasteiger partial charge in [0, 0.05) is 25.1 Å². The second-order valence-corrected chi connectivity index (χ2v) is 4.59. The second kappa shape index (κ2) is 7.01. The zero-order chi connectivity index (χ0) is 16.1. The van der Waals surface area contributed by atoms with Crippen LogP contribution in [0.4, 0.5) is 5.69 Å². The van der Waals surface area contributed by atoms with E-state index in [9.17, 15) is 4.79 Å². The minimum absolute atomic E-state index is 0.0886. The van der Waals surface area contributed by atoms with Crippen LogP contribution in [0.25, 0.3) is 0 Å². The molecule has 116 valence electrons. The first-order valence-electron chi connectivity index (χ1n) is 6.21. The Morgan fingerprint density at radius 1 is 1.41 bits per heavy atom. The van der Waals surface area contributed by atoms with E-state index in [-0.39, 0.29) is 16.6 Å². The molecule has 2 aromatic heterocycles. The highest BCUT2D eigenvalue weighted by Gasteiger charge is 2.15. The molecule has 2 heterocycles. The molecule has 0 amide bonds. The molecule has 0 unspecified atom stereocenters. The molecule has 0 radical (unpaired) electrons. The van der Waals surface area contributed by atoms with Crippen molar-refractivity contribution < 1.29 is 14.4 Å². The van der Waals surface area contributed by atoms with Crippen molar-refractivity contribution in [1.82, 2.24) is 20.1 Å². The molecule has 0 aliphatic heterocycles. The lowest BCUT2D eigenvalue weighted by Gasteiger charge is -2.19. The first-order valence-corrected chi connectivity index (χ1v) is 6.59. The molecular formula is C13H14ClN5O3. The average molecular weight is 324 g/mol. The Labute approximate surface area is 132 Å². The van der Waals surface area contributed by atoms with Gasteiger partial charge in [-0.25, -0.2) is 14.8 Å². The summed E-state index contributed by atoms with van der Waals surface area (Å²) in [5.41, 5.74) is 4.08. The SMILES string of the molecule is COc1nc(C)cc(NN(C)OC(=O)c2cnccn2)c1Cl. The standard InChI is InChI=1S/C13H14ClN5O3/c1-8-6-9(11(14)12(17-8)21-3)18-19(2)22-13(20)10-7-15-4-5-16-10/h4-7H,1-3H3,(H,17,18). The van der Waals surface area contributed by atoms with Crippen LogP contribution >= 0.6 is 11.6 Å². The van der Waals surface area contributed by atoms with Gasteiger partial charge in [0.2, 0.25) is 5.88 Å². The zero-order valence-electron chi connectivity index (χ0n) is 12.2. The van der Waals surface area contributed by atoms with Crippen LogP contribution in [-0.2, 0) is 4.84 Å². The fourth-order valence-electron chi connectivity index (χ4n) is 1.61. The summed E-state index contributed by atoms with van der Waals surface area (Å²) in [5.74, 6) is -0.380. The van der Waals surface area contributed by atoms with E-state index in [4.69, 9.17) is 21.2 Å². The van der Waals surface area contributed by atoms with Crippen LogP contribution in [0.5, 0.6) is 5.88 Å². The van der Waals surface area contributed by atoms with Crippen molar-refractivity contribution in [2.75, 3.05) is 19.6 Å². The van der Waals surface area contributed by atoms with E-state index in [0.29, 0.717) is 11.4 Å². The minimum atomic E-state index is -0.656. The third kappa shape index (κ3) is 3.80. The molecule has 2 rings (SSSR count). The van der Waals surface area contributed by atoms with E-state index in [1.54, 1.807) is 13.0 Å². The number of hydrazine groups is 1. The average Bonchev–Trinajstić information content (AvgIpc) is 2.51. The Morgan fingerprint density at radius 2 is 2.18 bits per heavy atom. The molecular weight excluding hydrogens is 310 g/mol. The number of anilines is 1. The highest BCUT2D eigenvalue weighted by atomic mass is 35.5. The van der Waals surface area contributed by atoms with E-state index in [1.807, 2.05) is 0 Å². The van der Waals surface area contributed by atoms with Crippen LogP contribution in [-0.4, -0.2) is 40.3 Å². The normalized spacial score (nSPS) is 10.4. The number of aryl methyl sites for hydroxylation is 1. The summed E-state index contributed by atoms with van der Waals surface area (Å²) in [6, 6.07) is 1.69. The van der Waals surface area contributed by atoms with Crippen molar-refractivity contribution in [1.29, 1.82) is 0 Å². The quantitative estimate of drug-likeness (QED) is 0.834. The summed E-state index contributed by atoms with van der Waals surface area (Å²) < 4.78 is 5.07. The van der Waals surface area contributed by atoms with Gasteiger partial charge in [0.05, 0.1) is 19.0 Å². The number of hydrogen-bond donors (Lipinski definition) is 1. The Morgan fingerprint density at radius 3 is 2.82 bits per heavy atom. The molecule has 0 bridgehead atoms. The molecule has 0 aliphatic carbocycles. The van der Waals surface area contributed by atoms with Gasteiger partial charge < -0.3 is 9.57 Å². The van der Waals surface area contributed by atoms with E-state index >= 15 is 0 Å². The third-order valence-electron chi connectivity index (χ3n) is 2.52. The molecule has 0 aliphatic rings. The molecule has 0 aromatic carbocycles. The smallest absolute Gasteiger partial charge is 0.378 e. The molecule has 1 N–H and O–H groups in total. The van der Waals surface area contributed by atoms with Crippen LogP contribution < -0.4 is 10.2 Å². The number of nitrogens with one attached hydrogen (secondary N) is 1. The molecule has 0 fully saturated rings. The number of aromatic nitrogens is 3. The molecule has 9 heteroatoms. The van der Waals surface area contributed by atoms with Gasteiger partial charge in [0.15, 0.2) is 5.69 Å². The minimum Gasteiger partial charge on any atom is -0.480 e. The van der Waals surface area contributed by atoms with Crippen LogP contribution in [0.1, 0.15) is 16.2 Å². The van der Waals surface area contributed by atoms with E-state index in [2.05, 4.69) is 20.4 Å². The van der Waals surface area contributed by atoms with E-state index < -0.39 is 5.97 Å². The van der Waals surface area contributed by atoms with Gasteiger partial charge in [-0.2, -0.15) is 0 Å². The van der Waals surface area contributed by atoms with Crippen molar-refractivity contribution in [2.45, 2.75) is 6.92 Å². The number of methoxy groups -OCH3 is 1. The van der Waals surface area contributed by atoms with Crippen molar-refractivity contribution >= 4 is 23.3 Å². The maximum Gasteiger partial charge on any atom is 0.378 e. The second-order valence-electron chi connectivity index (χ2n) is 4.21. The summed E-state index contributed by atoms with van der Waals surface area (Å²) >= 11 is 6.14. The molecule has 22 heavy (non-hydrogen) atoms. The topological polar surface area (TPSA) is 89.5 Å². The maximum absolute atomic E-state index is 11.8. The monoisotopic (exact) mass is 323 g/mol. The molecule has 0 spiro atoms. The van der Waals surface area contributed by atoms with E-state index in [0.717, 1.165) is 5.17 Å². The Hall–Kier alpha value is -2.45. The van der Waals surface area contributed by atoms with Gasteiger partial charge in [-0.1, -0.05) is 16.8 Å². The summed E-state index contributed by atoms with van der Waals surface area (Å²) in [6.07, 6.45) is 4.17. The number of hydroxylamine groups is 1. The van der Waals surface area contributed by atoms with Crippen LogP contribution in [0.3, 0.4) is 0 Å². The highest BCUT2D eigenvalue weighted by molar-refractivity contribution is 6.34. The third-order valence-corrected chi connectivity index (χ3v) is 2.88. The Bertz CT molecular complexity index is 668. The number of carbonyl (C=O) groups is 1. The van der Waals surface area contributed by atoms with Crippen molar-refractivity contribution in [3.63, 3.8) is 0 Å². The molecule has 0 atom stereocenters. The maximum atomic E-state index is 11.8. The number of pyridine rings is 1. The number of hydrogen-bond acceptors (Lipinski definition) is 8. The molecule has 0 saturated heterocycles. The fraction of sp³-hybridized carbons (Fsp3) is 0.231.